The summed E-state index contributed by atoms with van der Waals surface area (Å²) in [6.45, 7) is 5.70. The molecule has 1 saturated carbocycles. The van der Waals surface area contributed by atoms with Gasteiger partial charge in [0.05, 0.1) is 0 Å². The lowest BCUT2D eigenvalue weighted by Crippen LogP contribution is -2.42. The summed E-state index contributed by atoms with van der Waals surface area (Å²) < 4.78 is 0. The topological polar surface area (TPSA) is 12.0 Å². The van der Waals surface area contributed by atoms with Crippen LogP contribution in [-0.2, 0) is 6.54 Å². The van der Waals surface area contributed by atoms with Crippen LogP contribution in [0.1, 0.15) is 38.7 Å². The van der Waals surface area contributed by atoms with E-state index in [4.69, 9.17) is 11.6 Å². The second kappa shape index (κ2) is 5.88. The third-order valence-electron chi connectivity index (χ3n) is 4.00. The normalized spacial score (nSPS) is 29.2. The summed E-state index contributed by atoms with van der Waals surface area (Å²) in [7, 11) is 0. The maximum atomic E-state index is 5.89. The molecule has 0 aliphatic heterocycles. The van der Waals surface area contributed by atoms with Crippen molar-refractivity contribution in [3.8, 4) is 0 Å². The molecule has 0 spiro atoms. The predicted molar refractivity (Wildman–Crippen MR) is 74.3 cm³/mol. The number of halogens is 1. The van der Waals surface area contributed by atoms with Gasteiger partial charge in [-0.1, -0.05) is 44.0 Å². The minimum Gasteiger partial charge on any atom is -0.309 e. The molecule has 0 amide bonds. The molecule has 0 aromatic heterocycles. The van der Waals surface area contributed by atoms with Crippen molar-refractivity contribution in [3.63, 3.8) is 0 Å². The lowest BCUT2D eigenvalue weighted by molar-refractivity contribution is 0.207. The average molecular weight is 252 g/mol. The van der Waals surface area contributed by atoms with Crippen LogP contribution in [0.25, 0.3) is 0 Å². The molecule has 2 heteroatoms. The summed E-state index contributed by atoms with van der Waals surface area (Å²) >= 11 is 5.89. The Balaban J connectivity index is 1.90. The highest BCUT2D eigenvalue weighted by molar-refractivity contribution is 6.30. The Labute approximate surface area is 110 Å². The molecular weight excluding hydrogens is 230 g/mol. The molecule has 0 radical (unpaired) electrons. The van der Waals surface area contributed by atoms with Gasteiger partial charge in [0.1, 0.15) is 0 Å². The van der Waals surface area contributed by atoms with E-state index < -0.39 is 0 Å². The van der Waals surface area contributed by atoms with E-state index in [1.54, 1.807) is 0 Å². The van der Waals surface area contributed by atoms with Crippen molar-refractivity contribution in [2.45, 2.75) is 45.7 Å². The number of nitrogens with one attached hydrogen (secondary N) is 1. The zero-order chi connectivity index (χ0) is 12.3. The van der Waals surface area contributed by atoms with Gasteiger partial charge >= 0.3 is 0 Å². The summed E-state index contributed by atoms with van der Waals surface area (Å²) in [6, 6.07) is 8.80. The van der Waals surface area contributed by atoms with Gasteiger partial charge in [-0.05, 0) is 42.4 Å². The maximum absolute atomic E-state index is 5.89. The first kappa shape index (κ1) is 12.9. The SMILES string of the molecule is CC1CCCC(C)C1NCc1ccc(Cl)cc1. The minimum absolute atomic E-state index is 0.666. The number of rotatable bonds is 3. The van der Waals surface area contributed by atoms with E-state index in [0.717, 1.165) is 23.4 Å². The standard InChI is InChI=1S/C15H22ClN/c1-11-4-3-5-12(2)15(11)17-10-13-6-8-14(16)9-7-13/h6-9,11-12,15,17H,3-5,10H2,1-2H3. The average Bonchev–Trinajstić information content (AvgIpc) is 2.31. The molecule has 94 valence electrons. The minimum atomic E-state index is 0.666. The van der Waals surface area contributed by atoms with Crippen molar-refractivity contribution >= 4 is 11.6 Å². The van der Waals surface area contributed by atoms with Gasteiger partial charge in [-0.15, -0.1) is 0 Å². The molecule has 0 heterocycles. The van der Waals surface area contributed by atoms with Crippen LogP contribution < -0.4 is 5.32 Å². The Bertz CT molecular complexity index is 336. The van der Waals surface area contributed by atoms with Crippen LogP contribution in [0.15, 0.2) is 24.3 Å². The molecule has 0 saturated heterocycles. The third-order valence-corrected chi connectivity index (χ3v) is 4.25. The van der Waals surface area contributed by atoms with E-state index in [0.29, 0.717) is 6.04 Å². The number of benzene rings is 1. The van der Waals surface area contributed by atoms with Crippen molar-refractivity contribution < 1.29 is 0 Å². The lowest BCUT2D eigenvalue weighted by atomic mass is 9.78. The van der Waals surface area contributed by atoms with Crippen LogP contribution in [0.5, 0.6) is 0 Å². The molecule has 17 heavy (non-hydrogen) atoms. The first-order valence-electron chi connectivity index (χ1n) is 6.64. The second-order valence-corrected chi connectivity index (χ2v) is 5.86. The molecule has 1 fully saturated rings. The van der Waals surface area contributed by atoms with Gasteiger partial charge in [-0.25, -0.2) is 0 Å². The van der Waals surface area contributed by atoms with E-state index >= 15 is 0 Å². The third kappa shape index (κ3) is 3.46. The Morgan fingerprint density at radius 3 is 2.29 bits per heavy atom. The van der Waals surface area contributed by atoms with Gasteiger partial charge in [0.2, 0.25) is 0 Å². The highest BCUT2D eigenvalue weighted by Crippen LogP contribution is 2.29. The van der Waals surface area contributed by atoms with E-state index in [1.807, 2.05) is 12.1 Å². The lowest BCUT2D eigenvalue weighted by Gasteiger charge is -2.35. The second-order valence-electron chi connectivity index (χ2n) is 5.42. The van der Waals surface area contributed by atoms with Crippen LogP contribution in [0.2, 0.25) is 5.02 Å². The Morgan fingerprint density at radius 1 is 1.12 bits per heavy atom. The highest BCUT2D eigenvalue weighted by atomic mass is 35.5. The van der Waals surface area contributed by atoms with Crippen molar-refractivity contribution in [3.05, 3.63) is 34.9 Å². The first-order chi connectivity index (χ1) is 8.16. The van der Waals surface area contributed by atoms with E-state index in [1.165, 1.54) is 24.8 Å². The molecule has 2 atom stereocenters. The van der Waals surface area contributed by atoms with E-state index in [2.05, 4.69) is 31.3 Å². The fraction of sp³-hybridized carbons (Fsp3) is 0.600. The fourth-order valence-electron chi connectivity index (χ4n) is 2.92. The molecule has 1 aliphatic carbocycles. The van der Waals surface area contributed by atoms with Crippen LogP contribution in [-0.4, -0.2) is 6.04 Å². The fourth-order valence-corrected chi connectivity index (χ4v) is 3.05. The molecule has 1 N–H and O–H groups in total. The Morgan fingerprint density at radius 2 is 1.71 bits per heavy atom. The molecular formula is C15H22ClN. The van der Waals surface area contributed by atoms with Crippen LogP contribution in [0.4, 0.5) is 0 Å². The monoisotopic (exact) mass is 251 g/mol. The largest absolute Gasteiger partial charge is 0.309 e. The quantitative estimate of drug-likeness (QED) is 0.847. The highest BCUT2D eigenvalue weighted by Gasteiger charge is 2.26. The number of hydrogen-bond donors (Lipinski definition) is 1. The number of hydrogen-bond acceptors (Lipinski definition) is 1. The van der Waals surface area contributed by atoms with E-state index in [9.17, 15) is 0 Å². The molecule has 1 nitrogen and oxygen atoms in total. The zero-order valence-electron chi connectivity index (χ0n) is 10.7. The van der Waals surface area contributed by atoms with Crippen molar-refractivity contribution in [1.82, 2.24) is 5.32 Å². The van der Waals surface area contributed by atoms with Crippen molar-refractivity contribution in [2.75, 3.05) is 0 Å². The molecule has 2 unspecified atom stereocenters. The van der Waals surface area contributed by atoms with Crippen LogP contribution >= 0.6 is 11.6 Å². The Hall–Kier alpha value is -0.530. The molecule has 1 aromatic rings. The van der Waals surface area contributed by atoms with Gasteiger partial charge < -0.3 is 5.32 Å². The molecule has 1 aliphatic rings. The van der Waals surface area contributed by atoms with Gasteiger partial charge in [-0.2, -0.15) is 0 Å². The predicted octanol–water partition coefficient (Wildman–Crippen LogP) is 4.25. The summed E-state index contributed by atoms with van der Waals surface area (Å²) in [5.74, 6) is 1.59. The summed E-state index contributed by atoms with van der Waals surface area (Å²) in [5.41, 5.74) is 1.32. The van der Waals surface area contributed by atoms with Gasteiger partial charge in [0, 0.05) is 17.6 Å². The first-order valence-corrected chi connectivity index (χ1v) is 7.02. The Kier molecular flexibility index (Phi) is 4.47. The van der Waals surface area contributed by atoms with Crippen LogP contribution in [0.3, 0.4) is 0 Å². The molecule has 0 bridgehead atoms. The summed E-state index contributed by atoms with van der Waals surface area (Å²) in [5, 5.41) is 4.53. The molecule has 1 aromatic carbocycles. The van der Waals surface area contributed by atoms with Crippen molar-refractivity contribution in [1.29, 1.82) is 0 Å². The smallest absolute Gasteiger partial charge is 0.0406 e. The van der Waals surface area contributed by atoms with Gasteiger partial charge in [0.15, 0.2) is 0 Å². The summed E-state index contributed by atoms with van der Waals surface area (Å²) in [4.78, 5) is 0. The van der Waals surface area contributed by atoms with Gasteiger partial charge in [0.25, 0.3) is 0 Å². The van der Waals surface area contributed by atoms with E-state index in [-0.39, 0.29) is 0 Å². The van der Waals surface area contributed by atoms with Crippen molar-refractivity contribution in [2.24, 2.45) is 11.8 Å². The van der Waals surface area contributed by atoms with Gasteiger partial charge in [-0.3, -0.25) is 0 Å². The van der Waals surface area contributed by atoms with Crippen LogP contribution in [0, 0.1) is 11.8 Å². The molecule has 2 rings (SSSR count). The summed E-state index contributed by atoms with van der Waals surface area (Å²) in [6.07, 6.45) is 4.12. The zero-order valence-corrected chi connectivity index (χ0v) is 11.5. The maximum Gasteiger partial charge on any atom is 0.0406 e.